The lowest BCUT2D eigenvalue weighted by Crippen LogP contribution is -2.44. The zero-order chi connectivity index (χ0) is 20.8. The van der Waals surface area contributed by atoms with Crippen LogP contribution in [0.15, 0.2) is 30.3 Å². The van der Waals surface area contributed by atoms with E-state index >= 15 is 0 Å². The van der Waals surface area contributed by atoms with Crippen molar-refractivity contribution in [2.75, 3.05) is 57.0 Å². The molecule has 1 aliphatic rings. The summed E-state index contributed by atoms with van der Waals surface area (Å²) in [5.74, 6) is 1.14. The topological polar surface area (TPSA) is 64.6 Å². The second kappa shape index (κ2) is 9.69. The van der Waals surface area contributed by atoms with Gasteiger partial charge in [0.25, 0.3) is 5.91 Å². The fourth-order valence-corrected chi connectivity index (χ4v) is 3.40. The second-order valence-electron chi connectivity index (χ2n) is 7.73. The van der Waals surface area contributed by atoms with Crippen LogP contribution >= 0.6 is 0 Å². The number of hydrogen-bond donors (Lipinski definition) is 1. The second-order valence-corrected chi connectivity index (χ2v) is 7.73. The van der Waals surface area contributed by atoms with E-state index in [1.165, 1.54) is 5.69 Å². The zero-order valence-corrected chi connectivity index (χ0v) is 18.0. The molecule has 1 saturated heterocycles. The Kier molecular flexibility index (Phi) is 7.04. The zero-order valence-electron chi connectivity index (χ0n) is 18.0. The van der Waals surface area contributed by atoms with E-state index in [0.717, 1.165) is 51.3 Å². The fourth-order valence-electron chi connectivity index (χ4n) is 3.40. The van der Waals surface area contributed by atoms with Gasteiger partial charge in [0, 0.05) is 57.2 Å². The molecule has 29 heavy (non-hydrogen) atoms. The number of likely N-dealkylation sites (N-methyl/N-ethyl adjacent to an activating group) is 1. The van der Waals surface area contributed by atoms with Gasteiger partial charge in [0.15, 0.2) is 0 Å². The molecule has 7 heteroatoms. The predicted octanol–water partition coefficient (Wildman–Crippen LogP) is 3.15. The molecule has 0 bridgehead atoms. The monoisotopic (exact) mass is 396 g/mol. The van der Waals surface area contributed by atoms with E-state index in [9.17, 15) is 4.79 Å². The van der Waals surface area contributed by atoms with Crippen LogP contribution in [0, 0.1) is 6.92 Å². The summed E-state index contributed by atoms with van der Waals surface area (Å²) < 4.78 is 0. The van der Waals surface area contributed by atoms with E-state index in [1.54, 1.807) is 11.0 Å². The molecule has 2 aromatic rings. The number of carbonyl (C=O) groups is 1. The van der Waals surface area contributed by atoms with Crippen molar-refractivity contribution in [3.63, 3.8) is 0 Å². The van der Waals surface area contributed by atoms with Crippen LogP contribution in [0.2, 0.25) is 0 Å². The lowest BCUT2D eigenvalue weighted by Gasteiger charge is -2.34. The largest absolute Gasteiger partial charge is 0.369 e. The van der Waals surface area contributed by atoms with Crippen LogP contribution in [0.3, 0.4) is 0 Å². The Morgan fingerprint density at radius 1 is 1.14 bits per heavy atom. The summed E-state index contributed by atoms with van der Waals surface area (Å²) >= 11 is 0. The molecule has 1 amide bonds. The highest BCUT2D eigenvalue weighted by Crippen LogP contribution is 2.22. The maximum atomic E-state index is 12.6. The van der Waals surface area contributed by atoms with E-state index in [-0.39, 0.29) is 5.91 Å². The Balaban J connectivity index is 1.68. The first-order chi connectivity index (χ1) is 14.0. The molecule has 0 atom stereocenters. The van der Waals surface area contributed by atoms with Crippen molar-refractivity contribution in [1.82, 2.24) is 19.8 Å². The van der Waals surface area contributed by atoms with Crippen LogP contribution in [0.5, 0.6) is 0 Å². The predicted molar refractivity (Wildman–Crippen MR) is 118 cm³/mol. The Bertz CT molecular complexity index is 815. The van der Waals surface area contributed by atoms with Gasteiger partial charge in [-0.1, -0.05) is 13.3 Å². The number of aromatic nitrogens is 2. The van der Waals surface area contributed by atoms with Gasteiger partial charge in [0.05, 0.1) is 0 Å². The van der Waals surface area contributed by atoms with E-state index in [0.29, 0.717) is 17.3 Å². The van der Waals surface area contributed by atoms with Crippen LogP contribution in [0.25, 0.3) is 0 Å². The van der Waals surface area contributed by atoms with Gasteiger partial charge in [-0.05, 0) is 44.7 Å². The third kappa shape index (κ3) is 5.67. The smallest absolute Gasteiger partial charge is 0.272 e. The molecule has 1 fully saturated rings. The number of carbonyl (C=O) groups excluding carboxylic acids is 1. The first-order valence-electron chi connectivity index (χ1n) is 10.4. The van der Waals surface area contributed by atoms with Crippen molar-refractivity contribution >= 4 is 23.1 Å². The number of rotatable bonds is 7. The van der Waals surface area contributed by atoms with Crippen molar-refractivity contribution in [3.05, 3.63) is 41.9 Å². The summed E-state index contributed by atoms with van der Waals surface area (Å²) in [4.78, 5) is 27.9. The highest BCUT2D eigenvalue weighted by Gasteiger charge is 2.16. The Morgan fingerprint density at radius 2 is 1.83 bits per heavy atom. The Labute approximate surface area is 173 Å². The molecule has 0 unspecified atom stereocenters. The van der Waals surface area contributed by atoms with Gasteiger partial charge < -0.3 is 20.0 Å². The molecule has 156 valence electrons. The molecule has 2 heterocycles. The van der Waals surface area contributed by atoms with E-state index in [4.69, 9.17) is 0 Å². The molecule has 1 aromatic carbocycles. The number of unbranched alkanes of at least 4 members (excludes halogenated alkanes) is 1. The minimum absolute atomic E-state index is 0.0718. The molecule has 0 aliphatic carbocycles. The normalized spacial score (nSPS) is 14.7. The van der Waals surface area contributed by atoms with Gasteiger partial charge in [-0.25, -0.2) is 9.97 Å². The quantitative estimate of drug-likeness (QED) is 0.776. The molecule has 0 saturated carbocycles. The molecule has 7 nitrogen and oxygen atoms in total. The number of hydrogen-bond acceptors (Lipinski definition) is 6. The third-order valence-electron chi connectivity index (χ3n) is 5.26. The van der Waals surface area contributed by atoms with E-state index in [1.807, 2.05) is 14.0 Å². The molecule has 3 rings (SSSR count). The lowest BCUT2D eigenvalue weighted by molar-refractivity contribution is 0.0787. The molecule has 0 radical (unpaired) electrons. The van der Waals surface area contributed by atoms with Gasteiger partial charge in [-0.15, -0.1) is 0 Å². The highest BCUT2D eigenvalue weighted by atomic mass is 16.2. The lowest BCUT2D eigenvalue weighted by atomic mass is 10.2. The highest BCUT2D eigenvalue weighted by molar-refractivity contribution is 5.93. The standard InChI is InChI=1S/C22H32N6O/c1-5-6-11-27(4)22(29)20-16-21(24-17(2)23-20)25-18-7-9-19(10-8-18)28-14-12-26(3)13-15-28/h7-10,16H,5-6,11-15H2,1-4H3,(H,23,24,25). The maximum absolute atomic E-state index is 12.6. The molecule has 1 N–H and O–H groups in total. The molecule has 1 aliphatic heterocycles. The minimum Gasteiger partial charge on any atom is -0.369 e. The van der Waals surface area contributed by atoms with E-state index < -0.39 is 0 Å². The summed E-state index contributed by atoms with van der Waals surface area (Å²) in [5.41, 5.74) is 2.60. The summed E-state index contributed by atoms with van der Waals surface area (Å²) in [7, 11) is 3.98. The van der Waals surface area contributed by atoms with Gasteiger partial charge in [0.1, 0.15) is 17.3 Å². The van der Waals surface area contributed by atoms with Gasteiger partial charge >= 0.3 is 0 Å². The van der Waals surface area contributed by atoms with Crippen molar-refractivity contribution in [1.29, 1.82) is 0 Å². The number of aryl methyl sites for hydroxylation is 1. The number of nitrogens with zero attached hydrogens (tertiary/aromatic N) is 5. The van der Waals surface area contributed by atoms with Crippen molar-refractivity contribution in [2.24, 2.45) is 0 Å². The first-order valence-corrected chi connectivity index (χ1v) is 10.4. The summed E-state index contributed by atoms with van der Waals surface area (Å²) in [6.45, 7) is 8.92. The van der Waals surface area contributed by atoms with Crippen molar-refractivity contribution in [3.8, 4) is 0 Å². The number of piperazine rings is 1. The SMILES string of the molecule is CCCCN(C)C(=O)c1cc(Nc2ccc(N3CCN(C)CC3)cc2)nc(C)n1. The van der Waals surface area contributed by atoms with Crippen molar-refractivity contribution < 1.29 is 4.79 Å². The summed E-state index contributed by atoms with van der Waals surface area (Å²) in [6, 6.07) is 10.1. The molecule has 1 aromatic heterocycles. The average Bonchev–Trinajstić information content (AvgIpc) is 2.72. The number of nitrogens with one attached hydrogen (secondary N) is 1. The number of benzene rings is 1. The molecular formula is C22H32N6O. The molecule has 0 spiro atoms. The van der Waals surface area contributed by atoms with Crippen LogP contribution in [-0.2, 0) is 0 Å². The van der Waals surface area contributed by atoms with E-state index in [2.05, 4.69) is 63.3 Å². The van der Waals surface area contributed by atoms with Gasteiger partial charge in [-0.3, -0.25) is 4.79 Å². The Morgan fingerprint density at radius 3 is 2.48 bits per heavy atom. The average molecular weight is 397 g/mol. The van der Waals surface area contributed by atoms with Crippen LogP contribution in [0.4, 0.5) is 17.2 Å². The summed E-state index contributed by atoms with van der Waals surface area (Å²) in [6.07, 6.45) is 2.04. The number of amides is 1. The third-order valence-corrected chi connectivity index (χ3v) is 5.26. The first kappa shape index (κ1) is 21.0. The minimum atomic E-state index is -0.0718. The van der Waals surface area contributed by atoms with Crippen molar-refractivity contribution in [2.45, 2.75) is 26.7 Å². The fraction of sp³-hybridized carbons (Fsp3) is 0.500. The van der Waals surface area contributed by atoms with Gasteiger partial charge in [0.2, 0.25) is 0 Å². The number of anilines is 3. The van der Waals surface area contributed by atoms with Gasteiger partial charge in [-0.2, -0.15) is 0 Å². The maximum Gasteiger partial charge on any atom is 0.272 e. The Hall–Kier alpha value is -2.67. The summed E-state index contributed by atoms with van der Waals surface area (Å²) in [5, 5.41) is 3.31. The van der Waals surface area contributed by atoms with Crippen LogP contribution in [0.1, 0.15) is 36.1 Å². The van der Waals surface area contributed by atoms with Crippen LogP contribution < -0.4 is 10.2 Å². The molecular weight excluding hydrogens is 364 g/mol. The van der Waals surface area contributed by atoms with Crippen LogP contribution in [-0.4, -0.2) is 72.5 Å².